The van der Waals surface area contributed by atoms with Crippen molar-refractivity contribution in [2.24, 2.45) is 5.41 Å². The highest BCUT2D eigenvalue weighted by Gasteiger charge is 2.29. The van der Waals surface area contributed by atoms with Crippen LogP contribution in [0.3, 0.4) is 0 Å². The predicted octanol–water partition coefficient (Wildman–Crippen LogP) is 3.58. The van der Waals surface area contributed by atoms with E-state index in [1.54, 1.807) is 0 Å². The SMILES string of the molecule is Cc1ccc(Br)c(N2CCNC(C(C)(C)C)C2)c1. The lowest BCUT2D eigenvalue weighted by molar-refractivity contribution is 0.254. The second-order valence-electron chi connectivity index (χ2n) is 6.27. The summed E-state index contributed by atoms with van der Waals surface area (Å²) in [5.41, 5.74) is 2.94. The lowest BCUT2D eigenvalue weighted by Crippen LogP contribution is -2.56. The number of nitrogens with one attached hydrogen (secondary N) is 1. The van der Waals surface area contributed by atoms with Crippen molar-refractivity contribution in [1.82, 2.24) is 5.32 Å². The minimum Gasteiger partial charge on any atom is -0.368 e. The first kappa shape index (κ1) is 13.9. The zero-order valence-corrected chi connectivity index (χ0v) is 13.3. The van der Waals surface area contributed by atoms with Gasteiger partial charge in [0, 0.05) is 30.1 Å². The molecule has 100 valence electrons. The molecule has 3 heteroatoms. The summed E-state index contributed by atoms with van der Waals surface area (Å²) in [4.78, 5) is 2.49. The molecule has 0 spiro atoms. The van der Waals surface area contributed by atoms with Crippen LogP contribution in [0.2, 0.25) is 0 Å². The normalized spacial score (nSPS) is 21.2. The second-order valence-corrected chi connectivity index (χ2v) is 7.13. The van der Waals surface area contributed by atoms with Crippen LogP contribution < -0.4 is 10.2 Å². The standard InChI is InChI=1S/C15H23BrN2/c1-11-5-6-12(16)13(9-11)18-8-7-17-14(10-18)15(2,3)4/h5-6,9,14,17H,7-8,10H2,1-4H3. The van der Waals surface area contributed by atoms with Crippen LogP contribution in [0.15, 0.2) is 22.7 Å². The van der Waals surface area contributed by atoms with Gasteiger partial charge in [0.15, 0.2) is 0 Å². The number of aryl methyl sites for hydroxylation is 1. The summed E-state index contributed by atoms with van der Waals surface area (Å²) in [5, 5.41) is 3.64. The molecular formula is C15H23BrN2. The Labute approximate surface area is 119 Å². The smallest absolute Gasteiger partial charge is 0.0514 e. The van der Waals surface area contributed by atoms with Gasteiger partial charge in [0.2, 0.25) is 0 Å². The summed E-state index contributed by atoms with van der Waals surface area (Å²) < 4.78 is 1.20. The van der Waals surface area contributed by atoms with Crippen LogP contribution in [0.1, 0.15) is 26.3 Å². The summed E-state index contributed by atoms with van der Waals surface area (Å²) in [5.74, 6) is 0. The van der Waals surface area contributed by atoms with Crippen molar-refractivity contribution in [2.45, 2.75) is 33.7 Å². The molecule has 1 saturated heterocycles. The maximum Gasteiger partial charge on any atom is 0.0514 e. The van der Waals surface area contributed by atoms with Gasteiger partial charge in [-0.15, -0.1) is 0 Å². The van der Waals surface area contributed by atoms with Gasteiger partial charge in [-0.05, 0) is 46.0 Å². The molecule has 0 aliphatic carbocycles. The molecule has 2 rings (SSSR count). The molecule has 1 aliphatic heterocycles. The van der Waals surface area contributed by atoms with E-state index in [9.17, 15) is 0 Å². The van der Waals surface area contributed by atoms with Gasteiger partial charge in [0.25, 0.3) is 0 Å². The van der Waals surface area contributed by atoms with Crippen LogP contribution >= 0.6 is 15.9 Å². The van der Waals surface area contributed by atoms with Gasteiger partial charge in [0.1, 0.15) is 0 Å². The van der Waals surface area contributed by atoms with Crippen molar-refractivity contribution in [1.29, 1.82) is 0 Å². The van der Waals surface area contributed by atoms with E-state index in [1.807, 2.05) is 0 Å². The van der Waals surface area contributed by atoms with E-state index < -0.39 is 0 Å². The molecule has 1 aromatic carbocycles. The molecule has 1 aromatic rings. The van der Waals surface area contributed by atoms with Crippen LogP contribution in [0.25, 0.3) is 0 Å². The highest BCUT2D eigenvalue weighted by molar-refractivity contribution is 9.10. The van der Waals surface area contributed by atoms with E-state index in [0.717, 1.165) is 19.6 Å². The first-order valence-corrected chi connectivity index (χ1v) is 7.42. The highest BCUT2D eigenvalue weighted by atomic mass is 79.9. The largest absolute Gasteiger partial charge is 0.368 e. The fourth-order valence-electron chi connectivity index (χ4n) is 2.41. The quantitative estimate of drug-likeness (QED) is 0.853. The topological polar surface area (TPSA) is 15.3 Å². The van der Waals surface area contributed by atoms with Crippen molar-refractivity contribution in [3.63, 3.8) is 0 Å². The Kier molecular flexibility index (Phi) is 4.02. The Morgan fingerprint density at radius 2 is 2.06 bits per heavy atom. The number of halogens is 1. The van der Waals surface area contributed by atoms with Gasteiger partial charge in [-0.3, -0.25) is 0 Å². The molecule has 1 heterocycles. The Morgan fingerprint density at radius 3 is 2.72 bits per heavy atom. The molecule has 0 amide bonds. The van der Waals surface area contributed by atoms with Gasteiger partial charge in [0.05, 0.1) is 5.69 Å². The first-order chi connectivity index (χ1) is 8.38. The maximum absolute atomic E-state index is 3.67. The number of rotatable bonds is 1. The van der Waals surface area contributed by atoms with Crippen molar-refractivity contribution in [2.75, 3.05) is 24.5 Å². The van der Waals surface area contributed by atoms with Crippen molar-refractivity contribution in [3.8, 4) is 0 Å². The lowest BCUT2D eigenvalue weighted by atomic mass is 9.85. The minimum atomic E-state index is 0.301. The summed E-state index contributed by atoms with van der Waals surface area (Å²) in [6.07, 6.45) is 0. The predicted molar refractivity (Wildman–Crippen MR) is 82.3 cm³/mol. The van der Waals surface area contributed by atoms with Gasteiger partial charge >= 0.3 is 0 Å². The molecule has 0 saturated carbocycles. The molecule has 0 bridgehead atoms. The summed E-state index contributed by atoms with van der Waals surface area (Å²) >= 11 is 3.67. The Hall–Kier alpha value is -0.540. The fraction of sp³-hybridized carbons (Fsp3) is 0.600. The third-order valence-corrected chi connectivity index (χ3v) is 4.33. The molecular weight excluding hydrogens is 288 g/mol. The van der Waals surface area contributed by atoms with E-state index >= 15 is 0 Å². The first-order valence-electron chi connectivity index (χ1n) is 6.62. The van der Waals surface area contributed by atoms with Crippen LogP contribution in [-0.2, 0) is 0 Å². The number of anilines is 1. The average molecular weight is 311 g/mol. The van der Waals surface area contributed by atoms with Crippen LogP contribution in [-0.4, -0.2) is 25.7 Å². The molecule has 1 atom stereocenters. The lowest BCUT2D eigenvalue weighted by Gasteiger charge is -2.41. The molecule has 1 unspecified atom stereocenters. The van der Waals surface area contributed by atoms with Crippen LogP contribution in [0.5, 0.6) is 0 Å². The van der Waals surface area contributed by atoms with E-state index in [1.165, 1.54) is 15.7 Å². The maximum atomic E-state index is 3.67. The molecule has 0 aromatic heterocycles. The van der Waals surface area contributed by atoms with Crippen molar-refractivity contribution >= 4 is 21.6 Å². The van der Waals surface area contributed by atoms with Gasteiger partial charge in [-0.25, -0.2) is 0 Å². The number of hydrogen-bond donors (Lipinski definition) is 1. The van der Waals surface area contributed by atoms with Crippen molar-refractivity contribution < 1.29 is 0 Å². The number of benzene rings is 1. The molecule has 1 aliphatic rings. The molecule has 0 radical (unpaired) electrons. The Morgan fingerprint density at radius 1 is 1.33 bits per heavy atom. The van der Waals surface area contributed by atoms with E-state index in [0.29, 0.717) is 11.5 Å². The number of hydrogen-bond acceptors (Lipinski definition) is 2. The number of nitrogens with zero attached hydrogens (tertiary/aromatic N) is 1. The van der Waals surface area contributed by atoms with E-state index in [2.05, 4.69) is 72.0 Å². The summed E-state index contributed by atoms with van der Waals surface area (Å²) in [6, 6.07) is 7.11. The average Bonchev–Trinajstić information content (AvgIpc) is 2.31. The summed E-state index contributed by atoms with van der Waals surface area (Å²) in [6.45, 7) is 12.3. The minimum absolute atomic E-state index is 0.301. The molecule has 1 fully saturated rings. The third-order valence-electron chi connectivity index (χ3n) is 3.66. The van der Waals surface area contributed by atoms with Crippen LogP contribution in [0.4, 0.5) is 5.69 Å². The van der Waals surface area contributed by atoms with Gasteiger partial charge < -0.3 is 10.2 Å². The van der Waals surface area contributed by atoms with Gasteiger partial charge in [-0.2, -0.15) is 0 Å². The molecule has 1 N–H and O–H groups in total. The van der Waals surface area contributed by atoms with Gasteiger partial charge in [-0.1, -0.05) is 26.8 Å². The fourth-order valence-corrected chi connectivity index (χ4v) is 2.91. The third kappa shape index (κ3) is 3.07. The Balaban J connectivity index is 2.21. The van der Waals surface area contributed by atoms with Crippen LogP contribution in [0, 0.1) is 12.3 Å². The monoisotopic (exact) mass is 310 g/mol. The van der Waals surface area contributed by atoms with E-state index in [-0.39, 0.29) is 0 Å². The number of piperazine rings is 1. The molecule has 18 heavy (non-hydrogen) atoms. The zero-order chi connectivity index (χ0) is 13.3. The summed E-state index contributed by atoms with van der Waals surface area (Å²) in [7, 11) is 0. The van der Waals surface area contributed by atoms with Crippen molar-refractivity contribution in [3.05, 3.63) is 28.2 Å². The molecule has 2 nitrogen and oxygen atoms in total. The van der Waals surface area contributed by atoms with E-state index in [4.69, 9.17) is 0 Å². The second kappa shape index (κ2) is 5.22. The Bertz CT molecular complexity index is 423. The highest BCUT2D eigenvalue weighted by Crippen LogP contribution is 2.30. The zero-order valence-electron chi connectivity index (χ0n) is 11.8.